The van der Waals surface area contributed by atoms with Crippen molar-refractivity contribution in [3.63, 3.8) is 0 Å². The zero-order valence-corrected chi connectivity index (χ0v) is 15.0. The lowest BCUT2D eigenvalue weighted by atomic mass is 10.2. The number of rotatable bonds is 8. The number of methoxy groups -OCH3 is 1. The van der Waals surface area contributed by atoms with Gasteiger partial charge in [-0.1, -0.05) is 30.3 Å². The Hall–Kier alpha value is -2.47. The van der Waals surface area contributed by atoms with Crippen molar-refractivity contribution in [2.45, 2.75) is 23.6 Å². The fourth-order valence-corrected chi connectivity index (χ4v) is 2.89. The molecule has 132 valence electrons. The molecule has 0 unspecified atom stereocenters. The molecule has 0 spiro atoms. The van der Waals surface area contributed by atoms with Crippen LogP contribution in [0.5, 0.6) is 5.75 Å². The maximum absolute atomic E-state index is 12.0. The minimum absolute atomic E-state index is 0.283. The van der Waals surface area contributed by atoms with E-state index in [9.17, 15) is 9.59 Å². The molecule has 0 heterocycles. The smallest absolute Gasteiger partial charge is 0.319 e. The van der Waals surface area contributed by atoms with Crippen molar-refractivity contribution in [2.75, 3.05) is 13.7 Å². The van der Waals surface area contributed by atoms with E-state index in [4.69, 9.17) is 9.47 Å². The Labute approximate surface area is 151 Å². The number of amides is 1. The van der Waals surface area contributed by atoms with Gasteiger partial charge in [-0.3, -0.25) is 9.59 Å². The summed E-state index contributed by atoms with van der Waals surface area (Å²) in [4.78, 5) is 24.7. The number of hydrogen-bond donors (Lipinski definition) is 1. The monoisotopic (exact) mass is 359 g/mol. The average Bonchev–Trinajstić information content (AvgIpc) is 2.65. The van der Waals surface area contributed by atoms with Crippen LogP contribution >= 0.6 is 11.8 Å². The van der Waals surface area contributed by atoms with E-state index in [0.29, 0.717) is 6.54 Å². The quantitative estimate of drug-likeness (QED) is 0.580. The molecule has 2 aromatic carbocycles. The molecule has 1 amide bonds. The largest absolute Gasteiger partial charge is 0.497 e. The normalized spacial score (nSPS) is 11.4. The van der Waals surface area contributed by atoms with Gasteiger partial charge in [0.05, 0.1) is 7.11 Å². The Balaban J connectivity index is 1.70. The standard InChI is InChI=1S/C19H21NO4S/c1-14(25-17-6-4-3-5-7-17)19(22)24-13-18(21)20-12-15-8-10-16(23-2)11-9-15/h3-11,14H,12-13H2,1-2H3,(H,20,21)/t14-/m0/s1. The van der Waals surface area contributed by atoms with Crippen molar-refractivity contribution in [3.05, 3.63) is 60.2 Å². The van der Waals surface area contributed by atoms with Crippen LogP contribution in [0.15, 0.2) is 59.5 Å². The number of carbonyl (C=O) groups is 2. The van der Waals surface area contributed by atoms with Crippen LogP contribution < -0.4 is 10.1 Å². The zero-order valence-electron chi connectivity index (χ0n) is 14.2. The molecule has 0 radical (unpaired) electrons. The van der Waals surface area contributed by atoms with E-state index in [1.807, 2.05) is 54.6 Å². The van der Waals surface area contributed by atoms with Gasteiger partial charge in [-0.25, -0.2) is 0 Å². The zero-order chi connectivity index (χ0) is 18.1. The molecule has 0 saturated heterocycles. The van der Waals surface area contributed by atoms with E-state index >= 15 is 0 Å². The molecule has 1 N–H and O–H groups in total. The molecule has 0 aliphatic rings. The fraction of sp³-hybridized carbons (Fsp3) is 0.263. The second kappa shape index (κ2) is 9.74. The average molecular weight is 359 g/mol. The molecular weight excluding hydrogens is 338 g/mol. The van der Waals surface area contributed by atoms with Gasteiger partial charge in [-0.2, -0.15) is 0 Å². The van der Waals surface area contributed by atoms with Crippen LogP contribution in [0.4, 0.5) is 0 Å². The molecule has 0 aromatic heterocycles. The molecule has 2 rings (SSSR count). The van der Waals surface area contributed by atoms with E-state index in [0.717, 1.165) is 16.2 Å². The molecule has 0 aliphatic heterocycles. The molecule has 25 heavy (non-hydrogen) atoms. The first kappa shape index (κ1) is 18.9. The number of hydrogen-bond acceptors (Lipinski definition) is 5. The summed E-state index contributed by atoms with van der Waals surface area (Å²) in [5.74, 6) is 0.0171. The summed E-state index contributed by atoms with van der Waals surface area (Å²) in [6, 6.07) is 17.0. The number of thioether (sulfide) groups is 1. The van der Waals surface area contributed by atoms with Gasteiger partial charge in [0.25, 0.3) is 5.91 Å². The summed E-state index contributed by atoms with van der Waals surface area (Å²) < 4.78 is 10.1. The van der Waals surface area contributed by atoms with Gasteiger partial charge in [0.15, 0.2) is 6.61 Å². The van der Waals surface area contributed by atoms with Crippen LogP contribution in [-0.2, 0) is 20.9 Å². The Kier molecular flexibility index (Phi) is 7.35. The third-order valence-electron chi connectivity index (χ3n) is 3.38. The van der Waals surface area contributed by atoms with Crippen molar-refractivity contribution < 1.29 is 19.1 Å². The lowest BCUT2D eigenvalue weighted by molar-refractivity contribution is -0.147. The third-order valence-corrected chi connectivity index (χ3v) is 4.47. The molecule has 0 bridgehead atoms. The topological polar surface area (TPSA) is 64.6 Å². The summed E-state index contributed by atoms with van der Waals surface area (Å²) in [6.45, 7) is 1.85. The maximum atomic E-state index is 12.0. The molecule has 2 aromatic rings. The van der Waals surface area contributed by atoms with Crippen LogP contribution in [0.3, 0.4) is 0 Å². The minimum Gasteiger partial charge on any atom is -0.497 e. The van der Waals surface area contributed by atoms with E-state index in [1.54, 1.807) is 14.0 Å². The lowest BCUT2D eigenvalue weighted by Crippen LogP contribution is -2.30. The lowest BCUT2D eigenvalue weighted by Gasteiger charge is -2.11. The third kappa shape index (κ3) is 6.51. The van der Waals surface area contributed by atoms with Crippen molar-refractivity contribution >= 4 is 23.6 Å². The number of benzene rings is 2. The summed E-state index contributed by atoms with van der Waals surface area (Å²) in [7, 11) is 1.60. The Morgan fingerprint density at radius 3 is 2.40 bits per heavy atom. The van der Waals surface area contributed by atoms with E-state index < -0.39 is 5.97 Å². The summed E-state index contributed by atoms with van der Waals surface area (Å²) >= 11 is 1.40. The molecule has 1 atom stereocenters. The number of esters is 1. The first-order valence-electron chi connectivity index (χ1n) is 7.86. The highest BCUT2D eigenvalue weighted by Crippen LogP contribution is 2.23. The number of nitrogens with one attached hydrogen (secondary N) is 1. The highest BCUT2D eigenvalue weighted by molar-refractivity contribution is 8.00. The van der Waals surface area contributed by atoms with Crippen LogP contribution in [0, 0.1) is 0 Å². The molecule has 6 heteroatoms. The molecule has 0 aliphatic carbocycles. The molecule has 5 nitrogen and oxygen atoms in total. The second-order valence-corrected chi connectivity index (χ2v) is 6.72. The number of carbonyl (C=O) groups excluding carboxylic acids is 2. The van der Waals surface area contributed by atoms with Gasteiger partial charge in [0.1, 0.15) is 11.0 Å². The predicted molar refractivity (Wildman–Crippen MR) is 97.6 cm³/mol. The van der Waals surface area contributed by atoms with Gasteiger partial charge in [-0.15, -0.1) is 11.8 Å². The van der Waals surface area contributed by atoms with Crippen LogP contribution in [0.2, 0.25) is 0 Å². The first-order chi connectivity index (χ1) is 12.1. The highest BCUT2D eigenvalue weighted by Gasteiger charge is 2.17. The van der Waals surface area contributed by atoms with Crippen molar-refractivity contribution in [1.29, 1.82) is 0 Å². The van der Waals surface area contributed by atoms with Gasteiger partial charge < -0.3 is 14.8 Å². The summed E-state index contributed by atoms with van der Waals surface area (Å²) in [5.41, 5.74) is 0.938. The van der Waals surface area contributed by atoms with E-state index in [2.05, 4.69) is 5.32 Å². The van der Waals surface area contributed by atoms with Gasteiger partial charge in [0, 0.05) is 11.4 Å². The van der Waals surface area contributed by atoms with Gasteiger partial charge >= 0.3 is 5.97 Å². The SMILES string of the molecule is COc1ccc(CNC(=O)COC(=O)[C@H](C)Sc2ccccc2)cc1. The number of ether oxygens (including phenoxy) is 2. The van der Waals surface area contributed by atoms with Gasteiger partial charge in [-0.05, 0) is 36.8 Å². The van der Waals surface area contributed by atoms with Crippen LogP contribution in [0.1, 0.15) is 12.5 Å². The fourth-order valence-electron chi connectivity index (χ4n) is 2.00. The van der Waals surface area contributed by atoms with Crippen molar-refractivity contribution in [3.8, 4) is 5.75 Å². The molecule has 0 fully saturated rings. The highest BCUT2D eigenvalue weighted by atomic mass is 32.2. The first-order valence-corrected chi connectivity index (χ1v) is 8.74. The molecular formula is C19H21NO4S. The van der Waals surface area contributed by atoms with Crippen LogP contribution in [0.25, 0.3) is 0 Å². The Morgan fingerprint density at radius 1 is 1.08 bits per heavy atom. The minimum atomic E-state index is -0.409. The van der Waals surface area contributed by atoms with E-state index in [1.165, 1.54) is 11.8 Å². The summed E-state index contributed by atoms with van der Waals surface area (Å²) in [6.07, 6.45) is 0. The maximum Gasteiger partial charge on any atom is 0.319 e. The van der Waals surface area contributed by atoms with E-state index in [-0.39, 0.29) is 17.8 Å². The summed E-state index contributed by atoms with van der Waals surface area (Å²) in [5, 5.41) is 2.34. The van der Waals surface area contributed by atoms with Gasteiger partial charge in [0.2, 0.25) is 0 Å². The van der Waals surface area contributed by atoms with Crippen molar-refractivity contribution in [1.82, 2.24) is 5.32 Å². The Bertz CT molecular complexity index is 688. The van der Waals surface area contributed by atoms with Crippen LogP contribution in [-0.4, -0.2) is 30.8 Å². The second-order valence-electron chi connectivity index (χ2n) is 5.31. The predicted octanol–water partition coefficient (Wildman–Crippen LogP) is 3.04. The molecule has 0 saturated carbocycles. The van der Waals surface area contributed by atoms with Crippen molar-refractivity contribution in [2.24, 2.45) is 0 Å². The Morgan fingerprint density at radius 2 is 1.76 bits per heavy atom.